The monoisotopic (exact) mass is 198 g/mol. The fourth-order valence-electron chi connectivity index (χ4n) is 1.77. The van der Waals surface area contributed by atoms with Crippen molar-refractivity contribution in [2.75, 3.05) is 13.7 Å². The third kappa shape index (κ3) is 1.56. The van der Waals surface area contributed by atoms with Crippen molar-refractivity contribution < 1.29 is 4.74 Å². The van der Waals surface area contributed by atoms with E-state index in [2.05, 4.69) is 4.37 Å². The molecule has 0 aliphatic heterocycles. The molecule has 3 nitrogen and oxygen atoms in total. The molecule has 4 heteroatoms. The summed E-state index contributed by atoms with van der Waals surface area (Å²) in [5, 5.41) is 0. The lowest BCUT2D eigenvalue weighted by Gasteiger charge is -2.34. The van der Waals surface area contributed by atoms with E-state index in [4.69, 9.17) is 10.5 Å². The first-order chi connectivity index (χ1) is 6.35. The molecular weight excluding hydrogens is 184 g/mol. The Morgan fingerprint density at radius 3 is 3.00 bits per heavy atom. The van der Waals surface area contributed by atoms with Crippen molar-refractivity contribution in [1.29, 1.82) is 0 Å². The van der Waals surface area contributed by atoms with Crippen LogP contribution in [0, 0.1) is 5.92 Å². The third-order valence-corrected chi connectivity index (χ3v) is 3.70. The Hall–Kier alpha value is -0.610. The van der Waals surface area contributed by atoms with Gasteiger partial charge in [0, 0.05) is 10.9 Å². The Balaban J connectivity index is 2.07. The summed E-state index contributed by atoms with van der Waals surface area (Å²) in [6, 6.07) is 2.04. The van der Waals surface area contributed by atoms with E-state index in [-0.39, 0.29) is 0 Å². The van der Waals surface area contributed by atoms with Crippen LogP contribution in [0.3, 0.4) is 0 Å². The molecule has 1 fully saturated rings. The van der Waals surface area contributed by atoms with E-state index in [1.165, 1.54) is 17.7 Å². The van der Waals surface area contributed by atoms with Crippen molar-refractivity contribution in [3.63, 3.8) is 0 Å². The first-order valence-corrected chi connectivity index (χ1v) is 5.33. The highest BCUT2D eigenvalue weighted by molar-refractivity contribution is 7.06. The lowest BCUT2D eigenvalue weighted by molar-refractivity contribution is 0.267. The summed E-state index contributed by atoms with van der Waals surface area (Å²) in [6.07, 6.45) is 2.52. The van der Waals surface area contributed by atoms with Gasteiger partial charge in [-0.1, -0.05) is 0 Å². The average Bonchev–Trinajstić information content (AvgIpc) is 2.52. The molecule has 0 saturated heterocycles. The van der Waals surface area contributed by atoms with Gasteiger partial charge in [0.1, 0.15) is 0 Å². The first kappa shape index (κ1) is 8.97. The second-order valence-electron chi connectivity index (χ2n) is 3.45. The van der Waals surface area contributed by atoms with Crippen LogP contribution in [0.1, 0.15) is 23.6 Å². The minimum Gasteiger partial charge on any atom is -0.480 e. The van der Waals surface area contributed by atoms with Gasteiger partial charge >= 0.3 is 0 Å². The minimum absolute atomic E-state index is 0.645. The van der Waals surface area contributed by atoms with Crippen molar-refractivity contribution in [3.05, 3.63) is 10.9 Å². The average molecular weight is 198 g/mol. The van der Waals surface area contributed by atoms with Crippen molar-refractivity contribution in [2.24, 2.45) is 11.7 Å². The summed E-state index contributed by atoms with van der Waals surface area (Å²) < 4.78 is 9.24. The van der Waals surface area contributed by atoms with Crippen LogP contribution in [-0.2, 0) is 0 Å². The fraction of sp³-hybridized carbons (Fsp3) is 0.667. The van der Waals surface area contributed by atoms with Gasteiger partial charge < -0.3 is 10.5 Å². The van der Waals surface area contributed by atoms with Crippen LogP contribution in [0.25, 0.3) is 0 Å². The maximum Gasteiger partial charge on any atom is 0.225 e. The Morgan fingerprint density at radius 1 is 1.69 bits per heavy atom. The van der Waals surface area contributed by atoms with Crippen molar-refractivity contribution in [2.45, 2.75) is 18.8 Å². The van der Waals surface area contributed by atoms with E-state index in [0.29, 0.717) is 11.8 Å². The van der Waals surface area contributed by atoms with E-state index in [0.717, 1.165) is 12.4 Å². The normalized spacial score (nSPS) is 26.9. The van der Waals surface area contributed by atoms with Gasteiger partial charge in [0.05, 0.1) is 7.11 Å². The summed E-state index contributed by atoms with van der Waals surface area (Å²) >= 11 is 1.55. The number of nitrogens with zero attached hydrogens (tertiary/aromatic N) is 1. The third-order valence-electron chi connectivity index (χ3n) is 2.80. The summed E-state index contributed by atoms with van der Waals surface area (Å²) in [7, 11) is 1.65. The number of hydrogen-bond acceptors (Lipinski definition) is 4. The van der Waals surface area contributed by atoms with E-state index in [1.807, 2.05) is 6.07 Å². The van der Waals surface area contributed by atoms with E-state index in [9.17, 15) is 0 Å². The molecule has 2 N–H and O–H groups in total. The summed E-state index contributed by atoms with van der Waals surface area (Å²) in [5.41, 5.74) is 5.65. The largest absolute Gasteiger partial charge is 0.480 e. The number of aromatic nitrogens is 1. The van der Waals surface area contributed by atoms with E-state index in [1.54, 1.807) is 18.6 Å². The lowest BCUT2D eigenvalue weighted by Crippen LogP contribution is -2.29. The number of nitrogens with two attached hydrogens (primary N) is 1. The molecule has 1 aliphatic rings. The smallest absolute Gasteiger partial charge is 0.225 e. The zero-order chi connectivity index (χ0) is 9.26. The number of ether oxygens (including phenoxy) is 1. The van der Waals surface area contributed by atoms with Crippen LogP contribution in [0.2, 0.25) is 0 Å². The SMILES string of the molecule is COc1cc(C2CCC2CN)sn1. The molecule has 1 heterocycles. The van der Waals surface area contributed by atoms with Gasteiger partial charge in [-0.05, 0) is 42.8 Å². The maximum absolute atomic E-state index is 5.65. The molecule has 2 unspecified atom stereocenters. The van der Waals surface area contributed by atoms with Crippen LogP contribution >= 0.6 is 11.5 Å². The molecule has 1 aromatic rings. The van der Waals surface area contributed by atoms with E-state index >= 15 is 0 Å². The van der Waals surface area contributed by atoms with Gasteiger partial charge in [-0.3, -0.25) is 0 Å². The fourth-order valence-corrected chi connectivity index (χ4v) is 2.69. The van der Waals surface area contributed by atoms with Crippen LogP contribution in [0.5, 0.6) is 5.88 Å². The van der Waals surface area contributed by atoms with Gasteiger partial charge in [-0.25, -0.2) is 0 Å². The Morgan fingerprint density at radius 2 is 2.54 bits per heavy atom. The molecule has 0 amide bonds. The van der Waals surface area contributed by atoms with Crippen LogP contribution in [0.4, 0.5) is 0 Å². The standard InChI is InChI=1S/C9H14N2OS/c1-12-9-4-8(13-11-9)7-3-2-6(7)5-10/h4,6-7H,2-3,5,10H2,1H3. The Labute approximate surface area is 82.1 Å². The summed E-state index contributed by atoms with van der Waals surface area (Å²) in [4.78, 5) is 1.33. The van der Waals surface area contributed by atoms with E-state index < -0.39 is 0 Å². The second kappa shape index (κ2) is 3.64. The quantitative estimate of drug-likeness (QED) is 0.802. The molecule has 13 heavy (non-hydrogen) atoms. The maximum atomic E-state index is 5.65. The van der Waals surface area contributed by atoms with Gasteiger partial charge in [0.2, 0.25) is 5.88 Å². The molecule has 0 spiro atoms. The van der Waals surface area contributed by atoms with Gasteiger partial charge in [-0.2, -0.15) is 4.37 Å². The molecule has 0 aromatic carbocycles. The van der Waals surface area contributed by atoms with Crippen molar-refractivity contribution in [1.82, 2.24) is 4.37 Å². The Kier molecular flexibility index (Phi) is 2.51. The highest BCUT2D eigenvalue weighted by Crippen LogP contribution is 2.44. The number of rotatable bonds is 3. The van der Waals surface area contributed by atoms with Gasteiger partial charge in [0.25, 0.3) is 0 Å². The number of hydrogen-bond donors (Lipinski definition) is 1. The van der Waals surface area contributed by atoms with Crippen LogP contribution in [-0.4, -0.2) is 18.0 Å². The van der Waals surface area contributed by atoms with Crippen molar-refractivity contribution >= 4 is 11.5 Å². The zero-order valence-electron chi connectivity index (χ0n) is 7.69. The molecule has 72 valence electrons. The van der Waals surface area contributed by atoms with Gasteiger partial charge in [0.15, 0.2) is 0 Å². The second-order valence-corrected chi connectivity index (χ2v) is 4.29. The molecular formula is C9H14N2OS. The zero-order valence-corrected chi connectivity index (χ0v) is 8.51. The molecule has 2 rings (SSSR count). The molecule has 0 bridgehead atoms. The van der Waals surface area contributed by atoms with Crippen molar-refractivity contribution in [3.8, 4) is 5.88 Å². The number of methoxy groups -OCH3 is 1. The molecule has 0 radical (unpaired) electrons. The lowest BCUT2D eigenvalue weighted by atomic mass is 9.73. The highest BCUT2D eigenvalue weighted by Gasteiger charge is 2.32. The predicted molar refractivity (Wildman–Crippen MR) is 53.2 cm³/mol. The molecule has 2 atom stereocenters. The Bertz CT molecular complexity index is 285. The molecule has 1 aromatic heterocycles. The predicted octanol–water partition coefficient (Wildman–Crippen LogP) is 1.60. The highest BCUT2D eigenvalue weighted by atomic mass is 32.1. The topological polar surface area (TPSA) is 48.1 Å². The molecule has 1 saturated carbocycles. The minimum atomic E-state index is 0.645. The first-order valence-electron chi connectivity index (χ1n) is 4.56. The molecule has 1 aliphatic carbocycles. The summed E-state index contributed by atoms with van der Waals surface area (Å²) in [5.74, 6) is 2.05. The van der Waals surface area contributed by atoms with Gasteiger partial charge in [-0.15, -0.1) is 0 Å². The van der Waals surface area contributed by atoms with Crippen LogP contribution < -0.4 is 10.5 Å². The summed E-state index contributed by atoms with van der Waals surface area (Å²) in [6.45, 7) is 0.797. The van der Waals surface area contributed by atoms with Crippen LogP contribution in [0.15, 0.2) is 6.07 Å².